The minimum Gasteiger partial charge on any atom is -0.253 e. The summed E-state index contributed by atoms with van der Waals surface area (Å²) in [4.78, 5) is 9.52. The van der Waals surface area contributed by atoms with Crippen molar-refractivity contribution in [3.63, 3.8) is 0 Å². The van der Waals surface area contributed by atoms with Gasteiger partial charge in [0.2, 0.25) is 5.13 Å². The van der Waals surface area contributed by atoms with E-state index >= 15 is 0 Å². The maximum atomic E-state index is 5.17. The molecule has 4 aliphatic carbocycles. The number of nitrogens with one attached hydrogen (secondary N) is 1. The lowest BCUT2D eigenvalue weighted by Gasteiger charge is -2.56. The van der Waals surface area contributed by atoms with Crippen molar-refractivity contribution >= 4 is 34.0 Å². The minimum atomic E-state index is 0.385. The molecular formula is C24H26N4S2. The van der Waals surface area contributed by atoms with Gasteiger partial charge in [-0.2, -0.15) is 5.10 Å². The lowest BCUT2D eigenvalue weighted by molar-refractivity contribution is -0.00689. The zero-order valence-corrected chi connectivity index (χ0v) is 18.8. The number of benzene rings is 1. The number of nitrogens with zero attached hydrogens (tertiary/aromatic N) is 3. The molecule has 30 heavy (non-hydrogen) atoms. The van der Waals surface area contributed by atoms with Crippen molar-refractivity contribution in [3.8, 4) is 10.6 Å². The molecule has 0 aliphatic heterocycles. The van der Waals surface area contributed by atoms with Gasteiger partial charge in [0.25, 0.3) is 0 Å². The van der Waals surface area contributed by atoms with Crippen LogP contribution in [0.25, 0.3) is 10.6 Å². The Morgan fingerprint density at radius 1 is 0.967 bits per heavy atom. The summed E-state index contributed by atoms with van der Waals surface area (Å²) >= 11 is 3.37. The second-order valence-electron chi connectivity index (χ2n) is 9.52. The van der Waals surface area contributed by atoms with Gasteiger partial charge in [-0.05, 0) is 68.8 Å². The van der Waals surface area contributed by atoms with E-state index in [1.807, 2.05) is 29.9 Å². The molecular weight excluding hydrogens is 408 g/mol. The van der Waals surface area contributed by atoms with Crippen LogP contribution in [0, 0.1) is 24.7 Å². The standard InChI is InChI=1S/C24H26N4S2/c1-15-13-30-23(26-15)28-25-12-16-2-4-20(5-3-16)22-27-21(14-29-22)24-9-17-6-18(10-24)8-19(7-17)11-24/h2-5,12-14,17-19H,6-11H2,1H3,(H,26,28). The molecule has 0 amide bonds. The quantitative estimate of drug-likeness (QED) is 0.369. The Morgan fingerprint density at radius 3 is 2.30 bits per heavy atom. The number of rotatable bonds is 5. The number of hydrogen-bond donors (Lipinski definition) is 1. The van der Waals surface area contributed by atoms with Crippen molar-refractivity contribution in [1.82, 2.24) is 9.97 Å². The van der Waals surface area contributed by atoms with Gasteiger partial charge in [-0.25, -0.2) is 9.97 Å². The molecule has 4 fully saturated rings. The predicted molar refractivity (Wildman–Crippen MR) is 125 cm³/mol. The molecule has 1 N–H and O–H groups in total. The van der Waals surface area contributed by atoms with Crippen LogP contribution in [-0.4, -0.2) is 16.2 Å². The molecule has 0 radical (unpaired) electrons. The van der Waals surface area contributed by atoms with Crippen LogP contribution in [-0.2, 0) is 5.41 Å². The van der Waals surface area contributed by atoms with E-state index in [0.717, 1.165) is 39.2 Å². The summed E-state index contributed by atoms with van der Waals surface area (Å²) in [5.41, 5.74) is 8.05. The smallest absolute Gasteiger partial charge is 0.203 e. The molecule has 6 heteroatoms. The SMILES string of the molecule is Cc1csc(NN=Cc2ccc(-c3nc(C45CC6CC(CC(C6)C4)C5)cs3)cc2)n1. The summed E-state index contributed by atoms with van der Waals surface area (Å²) < 4.78 is 0. The van der Waals surface area contributed by atoms with Crippen LogP contribution < -0.4 is 5.43 Å². The van der Waals surface area contributed by atoms with Gasteiger partial charge >= 0.3 is 0 Å². The Labute approximate surface area is 185 Å². The van der Waals surface area contributed by atoms with Crippen LogP contribution in [0.15, 0.2) is 40.1 Å². The van der Waals surface area contributed by atoms with Crippen LogP contribution in [0.4, 0.5) is 5.13 Å². The van der Waals surface area contributed by atoms with Crippen LogP contribution in [0.3, 0.4) is 0 Å². The fourth-order valence-corrected chi connectivity index (χ4v) is 7.94. The summed E-state index contributed by atoms with van der Waals surface area (Å²) in [5.74, 6) is 2.88. The molecule has 7 rings (SSSR count). The van der Waals surface area contributed by atoms with Gasteiger partial charge in [0.05, 0.1) is 17.6 Å². The summed E-state index contributed by atoms with van der Waals surface area (Å²) in [6.45, 7) is 1.98. The Balaban J connectivity index is 1.17. The number of anilines is 1. The number of thiazole rings is 2. The molecule has 0 spiro atoms. The zero-order valence-electron chi connectivity index (χ0n) is 17.2. The lowest BCUT2D eigenvalue weighted by Crippen LogP contribution is -2.48. The molecule has 1 aromatic carbocycles. The van der Waals surface area contributed by atoms with Gasteiger partial charge in [-0.3, -0.25) is 5.43 Å². The first-order valence-corrected chi connectivity index (χ1v) is 12.7. The Kier molecular flexibility index (Phi) is 4.53. The highest BCUT2D eigenvalue weighted by atomic mass is 32.1. The topological polar surface area (TPSA) is 50.2 Å². The number of hydrogen-bond acceptors (Lipinski definition) is 6. The first-order chi connectivity index (χ1) is 14.6. The van der Waals surface area contributed by atoms with E-state index in [1.54, 1.807) is 11.3 Å². The normalized spacial score (nSPS) is 29.7. The first-order valence-electron chi connectivity index (χ1n) is 10.9. The molecule has 154 valence electrons. The third kappa shape index (κ3) is 3.40. The molecule has 4 saturated carbocycles. The van der Waals surface area contributed by atoms with Crippen molar-refractivity contribution < 1.29 is 0 Å². The van der Waals surface area contributed by atoms with Crippen LogP contribution >= 0.6 is 22.7 Å². The summed E-state index contributed by atoms with van der Waals surface area (Å²) in [6, 6.07) is 8.55. The molecule has 0 saturated heterocycles. The van der Waals surface area contributed by atoms with Crippen LogP contribution in [0.1, 0.15) is 55.5 Å². The second kappa shape index (κ2) is 7.27. The average molecular weight is 435 g/mol. The van der Waals surface area contributed by atoms with E-state index in [2.05, 4.69) is 45.2 Å². The molecule has 0 unspecified atom stereocenters. The van der Waals surface area contributed by atoms with E-state index in [4.69, 9.17) is 4.98 Å². The fraction of sp³-hybridized carbons (Fsp3) is 0.458. The maximum absolute atomic E-state index is 5.17. The predicted octanol–water partition coefficient (Wildman–Crippen LogP) is 6.49. The molecule has 2 heterocycles. The Morgan fingerprint density at radius 2 is 1.67 bits per heavy atom. The summed E-state index contributed by atoms with van der Waals surface area (Å²) in [5, 5.41) is 10.6. The van der Waals surface area contributed by atoms with E-state index in [0.29, 0.717) is 5.41 Å². The van der Waals surface area contributed by atoms with Crippen LogP contribution in [0.5, 0.6) is 0 Å². The second-order valence-corrected chi connectivity index (χ2v) is 11.2. The zero-order chi connectivity index (χ0) is 20.1. The van der Waals surface area contributed by atoms with E-state index in [-0.39, 0.29) is 0 Å². The van der Waals surface area contributed by atoms with Gasteiger partial charge in [0.1, 0.15) is 5.01 Å². The highest BCUT2D eigenvalue weighted by molar-refractivity contribution is 7.13. The largest absolute Gasteiger partial charge is 0.253 e. The third-order valence-corrected chi connectivity index (χ3v) is 8.99. The highest BCUT2D eigenvalue weighted by Crippen LogP contribution is 2.60. The first kappa shape index (κ1) is 18.7. The fourth-order valence-electron chi connectivity index (χ4n) is 6.35. The highest BCUT2D eigenvalue weighted by Gasteiger charge is 2.52. The van der Waals surface area contributed by atoms with E-state index < -0.39 is 0 Å². The van der Waals surface area contributed by atoms with E-state index in [1.165, 1.54) is 49.8 Å². The van der Waals surface area contributed by atoms with Crippen molar-refractivity contribution in [2.75, 3.05) is 5.43 Å². The monoisotopic (exact) mass is 434 g/mol. The molecule has 4 bridgehead atoms. The summed E-state index contributed by atoms with van der Waals surface area (Å²) in [6.07, 6.45) is 10.4. The minimum absolute atomic E-state index is 0.385. The number of aryl methyl sites for hydroxylation is 1. The molecule has 4 aliphatic rings. The van der Waals surface area contributed by atoms with Crippen molar-refractivity contribution in [2.24, 2.45) is 22.9 Å². The lowest BCUT2D eigenvalue weighted by atomic mass is 9.49. The van der Waals surface area contributed by atoms with Gasteiger partial charge in [-0.15, -0.1) is 22.7 Å². The third-order valence-electron chi connectivity index (χ3n) is 7.24. The van der Waals surface area contributed by atoms with Gasteiger partial charge < -0.3 is 0 Å². The van der Waals surface area contributed by atoms with Crippen LogP contribution in [0.2, 0.25) is 0 Å². The van der Waals surface area contributed by atoms with Crippen molar-refractivity contribution in [3.05, 3.63) is 52.0 Å². The van der Waals surface area contributed by atoms with Crippen molar-refractivity contribution in [1.29, 1.82) is 0 Å². The van der Waals surface area contributed by atoms with E-state index in [9.17, 15) is 0 Å². The molecule has 4 nitrogen and oxygen atoms in total. The number of hydrazone groups is 1. The van der Waals surface area contributed by atoms with Crippen molar-refractivity contribution in [2.45, 2.75) is 50.9 Å². The Bertz CT molecular complexity index is 1040. The van der Waals surface area contributed by atoms with Gasteiger partial charge in [0, 0.05) is 21.7 Å². The molecule has 0 atom stereocenters. The summed E-state index contributed by atoms with van der Waals surface area (Å²) in [7, 11) is 0. The Hall–Kier alpha value is -2.05. The average Bonchev–Trinajstić information content (AvgIpc) is 3.37. The van der Waals surface area contributed by atoms with Gasteiger partial charge in [-0.1, -0.05) is 24.3 Å². The molecule has 3 aromatic rings. The molecule has 2 aromatic heterocycles. The van der Waals surface area contributed by atoms with Gasteiger partial charge in [0.15, 0.2) is 0 Å². The maximum Gasteiger partial charge on any atom is 0.203 e. The number of aromatic nitrogens is 2.